The third-order valence-electron chi connectivity index (χ3n) is 5.21. The zero-order valence-corrected chi connectivity index (χ0v) is 16.8. The number of anilines is 1. The van der Waals surface area contributed by atoms with E-state index in [2.05, 4.69) is 72.9 Å². The average Bonchev–Trinajstić information content (AvgIpc) is 2.99. The second kappa shape index (κ2) is 7.94. The van der Waals surface area contributed by atoms with Gasteiger partial charge in [0.25, 0.3) is 0 Å². The summed E-state index contributed by atoms with van der Waals surface area (Å²) in [7, 11) is 0. The smallest absolute Gasteiger partial charge is 0.130 e. The van der Waals surface area contributed by atoms with Crippen LogP contribution in [-0.2, 0) is 11.2 Å². The van der Waals surface area contributed by atoms with Crippen molar-refractivity contribution >= 4 is 27.8 Å². The molecule has 0 radical (unpaired) electrons. The van der Waals surface area contributed by atoms with Crippen LogP contribution in [-0.4, -0.2) is 55.3 Å². The molecule has 0 aliphatic carbocycles. The van der Waals surface area contributed by atoms with Gasteiger partial charge in [0.2, 0.25) is 0 Å². The Labute approximate surface area is 163 Å². The number of ether oxygens (including phenoxy) is 1. The molecule has 0 N–H and O–H groups in total. The molecule has 0 spiro atoms. The van der Waals surface area contributed by atoms with E-state index in [0.717, 1.165) is 49.4 Å². The number of morpholine rings is 1. The van der Waals surface area contributed by atoms with E-state index in [1.807, 2.05) is 6.21 Å². The van der Waals surface area contributed by atoms with Gasteiger partial charge in [0, 0.05) is 30.0 Å². The van der Waals surface area contributed by atoms with Crippen LogP contribution in [0.5, 0.6) is 0 Å². The molecule has 0 amide bonds. The van der Waals surface area contributed by atoms with E-state index in [4.69, 9.17) is 4.74 Å². The van der Waals surface area contributed by atoms with Gasteiger partial charge >= 0.3 is 0 Å². The van der Waals surface area contributed by atoms with Gasteiger partial charge < -0.3 is 4.74 Å². The Morgan fingerprint density at radius 2 is 2.08 bits per heavy atom. The van der Waals surface area contributed by atoms with Crippen molar-refractivity contribution in [1.29, 1.82) is 0 Å². The highest BCUT2D eigenvalue weighted by Gasteiger charge is 2.20. The second-order valence-corrected chi connectivity index (χ2v) is 7.81. The first-order valence-corrected chi connectivity index (χ1v) is 10.1. The van der Waals surface area contributed by atoms with Crippen LogP contribution in [0.25, 0.3) is 0 Å². The van der Waals surface area contributed by atoms with E-state index in [9.17, 15) is 0 Å². The summed E-state index contributed by atoms with van der Waals surface area (Å²) in [6, 6.07) is 8.38. The van der Waals surface area contributed by atoms with Crippen molar-refractivity contribution in [3.8, 4) is 0 Å². The lowest BCUT2D eigenvalue weighted by Gasteiger charge is -2.28. The van der Waals surface area contributed by atoms with E-state index < -0.39 is 0 Å². The predicted molar refractivity (Wildman–Crippen MR) is 109 cm³/mol. The van der Waals surface area contributed by atoms with Crippen molar-refractivity contribution in [3.05, 3.63) is 51.8 Å². The van der Waals surface area contributed by atoms with Crippen molar-refractivity contribution < 1.29 is 4.74 Å². The number of nitrogens with zero attached hydrogens (tertiary/aromatic N) is 4. The van der Waals surface area contributed by atoms with Crippen LogP contribution in [0.3, 0.4) is 0 Å². The van der Waals surface area contributed by atoms with E-state index in [1.54, 1.807) is 0 Å². The Balaban J connectivity index is 1.49. The molecular formula is C20H25BrN4O. The molecule has 4 rings (SSSR count). The minimum Gasteiger partial charge on any atom is -0.379 e. The molecule has 26 heavy (non-hydrogen) atoms. The van der Waals surface area contributed by atoms with Crippen LogP contribution in [0.1, 0.15) is 23.2 Å². The third-order valence-corrected chi connectivity index (χ3v) is 5.70. The van der Waals surface area contributed by atoms with Crippen molar-refractivity contribution in [1.82, 2.24) is 9.58 Å². The molecule has 2 aromatic rings. The van der Waals surface area contributed by atoms with Crippen molar-refractivity contribution in [3.63, 3.8) is 0 Å². The topological polar surface area (TPSA) is 33.0 Å². The lowest BCUT2D eigenvalue weighted by atomic mass is 10.1. The summed E-state index contributed by atoms with van der Waals surface area (Å²) in [6.07, 6.45) is 6.58. The maximum absolute atomic E-state index is 5.43. The Kier molecular flexibility index (Phi) is 5.43. The quantitative estimate of drug-likeness (QED) is 0.747. The van der Waals surface area contributed by atoms with Crippen LogP contribution in [0.15, 0.2) is 39.9 Å². The van der Waals surface area contributed by atoms with Gasteiger partial charge in [-0.15, -0.1) is 0 Å². The Bertz CT molecular complexity index is 795. The Hall–Kier alpha value is -1.63. The average molecular weight is 417 g/mol. The molecule has 1 aromatic carbocycles. The van der Waals surface area contributed by atoms with Crippen LogP contribution < -0.4 is 5.01 Å². The fraction of sp³-hybridized carbons (Fsp3) is 0.450. The highest BCUT2D eigenvalue weighted by molar-refractivity contribution is 9.10. The highest BCUT2D eigenvalue weighted by atomic mass is 79.9. The zero-order chi connectivity index (χ0) is 17.9. The molecule has 3 heterocycles. The third kappa shape index (κ3) is 3.72. The summed E-state index contributed by atoms with van der Waals surface area (Å²) < 4.78 is 8.77. The number of aliphatic imine (C=N–C) groups is 1. The van der Waals surface area contributed by atoms with Crippen molar-refractivity contribution in [2.24, 2.45) is 4.99 Å². The van der Waals surface area contributed by atoms with Crippen molar-refractivity contribution in [2.45, 2.75) is 19.8 Å². The fourth-order valence-electron chi connectivity index (χ4n) is 3.69. The number of aromatic nitrogens is 1. The minimum absolute atomic E-state index is 0.644. The maximum atomic E-state index is 5.43. The normalized spacial score (nSPS) is 17.5. The summed E-state index contributed by atoms with van der Waals surface area (Å²) in [5, 5.41) is 2.22. The molecule has 1 saturated heterocycles. The summed E-state index contributed by atoms with van der Waals surface area (Å²) in [5.74, 6) is 0. The maximum Gasteiger partial charge on any atom is 0.130 e. The number of hydrogen-bond donors (Lipinski definition) is 0. The van der Waals surface area contributed by atoms with Crippen LogP contribution in [0, 0.1) is 6.92 Å². The summed E-state index contributed by atoms with van der Waals surface area (Å²) in [6.45, 7) is 7.88. The lowest BCUT2D eigenvalue weighted by molar-refractivity contribution is 0.0374. The first-order valence-electron chi connectivity index (χ1n) is 9.26. The summed E-state index contributed by atoms with van der Waals surface area (Å²) >= 11 is 3.57. The first kappa shape index (κ1) is 17.8. The van der Waals surface area contributed by atoms with Gasteiger partial charge in [-0.3, -0.25) is 19.6 Å². The number of halogens is 1. The molecule has 2 aliphatic rings. The second-order valence-electron chi connectivity index (χ2n) is 6.90. The minimum atomic E-state index is 0.644. The van der Waals surface area contributed by atoms with E-state index in [1.165, 1.54) is 23.2 Å². The predicted octanol–water partition coefficient (Wildman–Crippen LogP) is 3.48. The van der Waals surface area contributed by atoms with Gasteiger partial charge in [0.15, 0.2) is 0 Å². The van der Waals surface area contributed by atoms with E-state index >= 15 is 0 Å². The molecule has 138 valence electrons. The van der Waals surface area contributed by atoms with Gasteiger partial charge in [-0.05, 0) is 55.6 Å². The van der Waals surface area contributed by atoms with Gasteiger partial charge in [0.05, 0.1) is 24.6 Å². The molecule has 5 nitrogen and oxygen atoms in total. The monoisotopic (exact) mass is 416 g/mol. The largest absolute Gasteiger partial charge is 0.379 e. The molecule has 0 bridgehead atoms. The van der Waals surface area contributed by atoms with Gasteiger partial charge in [0.1, 0.15) is 6.67 Å². The first-order chi connectivity index (χ1) is 12.7. The molecule has 1 aromatic heterocycles. The molecule has 2 aliphatic heterocycles. The van der Waals surface area contributed by atoms with Crippen LogP contribution in [0.4, 0.5) is 5.69 Å². The van der Waals surface area contributed by atoms with E-state index in [-0.39, 0.29) is 0 Å². The Morgan fingerprint density at radius 1 is 1.23 bits per heavy atom. The zero-order valence-electron chi connectivity index (χ0n) is 15.2. The molecule has 6 heteroatoms. The SMILES string of the molecule is Cc1c(CCCN2CCOCC2)cn2c1C=NCN2c1cccc(Br)c1. The number of benzene rings is 1. The summed E-state index contributed by atoms with van der Waals surface area (Å²) in [4.78, 5) is 7.08. The lowest BCUT2D eigenvalue weighted by Crippen LogP contribution is -2.36. The summed E-state index contributed by atoms with van der Waals surface area (Å²) in [5.41, 5.74) is 5.10. The number of fused-ring (bicyclic) bond motifs is 1. The van der Waals surface area contributed by atoms with E-state index in [0.29, 0.717) is 6.67 Å². The number of hydrogen-bond acceptors (Lipinski definition) is 4. The van der Waals surface area contributed by atoms with Gasteiger partial charge in [-0.1, -0.05) is 22.0 Å². The molecule has 0 unspecified atom stereocenters. The number of aryl methyl sites for hydroxylation is 1. The molecule has 0 atom stereocenters. The van der Waals surface area contributed by atoms with Gasteiger partial charge in [-0.25, -0.2) is 0 Å². The fourth-order valence-corrected chi connectivity index (χ4v) is 4.08. The Morgan fingerprint density at radius 3 is 2.88 bits per heavy atom. The molecule has 1 fully saturated rings. The van der Waals surface area contributed by atoms with Crippen molar-refractivity contribution in [2.75, 3.05) is 44.5 Å². The van der Waals surface area contributed by atoms with Crippen LogP contribution >= 0.6 is 15.9 Å². The number of rotatable bonds is 5. The standard InChI is InChI=1S/C20H25BrN4O/c1-16-17(4-3-7-23-8-10-26-11-9-23)14-24-20(16)13-22-15-25(24)19-6-2-5-18(21)12-19/h2,5-6,12-14H,3-4,7-11,15H2,1H3. The molecule has 0 saturated carbocycles. The highest BCUT2D eigenvalue weighted by Crippen LogP contribution is 2.26. The molecular weight excluding hydrogens is 392 g/mol. The van der Waals surface area contributed by atoms with Crippen LogP contribution in [0.2, 0.25) is 0 Å². The van der Waals surface area contributed by atoms with Gasteiger partial charge in [-0.2, -0.15) is 0 Å².